The Morgan fingerprint density at radius 3 is 1.62 bits per heavy atom. The lowest BCUT2D eigenvalue weighted by atomic mass is 9.68. The number of para-hydroxylation sites is 3. The minimum Gasteiger partial charge on any atom is -0.310 e. The Bertz CT molecular complexity index is 2490. The second kappa shape index (κ2) is 11.8. The van der Waals surface area contributed by atoms with Gasteiger partial charge in [0.25, 0.3) is 0 Å². The molecule has 1 spiro atoms. The van der Waals surface area contributed by atoms with Crippen LogP contribution in [-0.2, 0) is 24.7 Å². The number of anilines is 6. The summed E-state index contributed by atoms with van der Waals surface area (Å²) in [7, 11) is 0. The first-order valence-electron chi connectivity index (χ1n) is 19.4. The largest absolute Gasteiger partial charge is 0.310 e. The lowest BCUT2D eigenvalue weighted by Crippen LogP contribution is -2.34. The summed E-state index contributed by atoms with van der Waals surface area (Å²) in [6.07, 6.45) is 5.78. The van der Waals surface area contributed by atoms with Crippen LogP contribution < -0.4 is 9.80 Å². The Hall–Kier alpha value is -5.86. The van der Waals surface area contributed by atoms with Gasteiger partial charge in [-0.1, -0.05) is 109 Å². The van der Waals surface area contributed by atoms with Crippen LogP contribution >= 0.6 is 0 Å². The normalized spacial score (nSPS) is 19.9. The average Bonchev–Trinajstić information content (AvgIpc) is 3.93. The summed E-state index contributed by atoms with van der Waals surface area (Å²) in [5.74, 6) is 1.13. The molecular weight excluding hydrogens is 641 g/mol. The van der Waals surface area contributed by atoms with Crippen LogP contribution in [0, 0.1) is 18.8 Å². The fourth-order valence-electron chi connectivity index (χ4n) is 11.1. The molecule has 0 radical (unpaired) electrons. The van der Waals surface area contributed by atoms with Crippen LogP contribution in [0.5, 0.6) is 0 Å². The van der Waals surface area contributed by atoms with Crippen molar-refractivity contribution < 1.29 is 0 Å². The minimum absolute atomic E-state index is 0.0758. The maximum atomic E-state index is 2.62. The van der Waals surface area contributed by atoms with E-state index in [0.29, 0.717) is 11.8 Å². The summed E-state index contributed by atoms with van der Waals surface area (Å²) in [4.78, 5) is 5.15. The molecule has 1 fully saturated rings. The molecule has 7 aromatic rings. The molecule has 4 aliphatic carbocycles. The van der Waals surface area contributed by atoms with Gasteiger partial charge in [-0.15, -0.1) is 0 Å². The average molecular weight is 683 g/mol. The Balaban J connectivity index is 1.16. The molecule has 0 saturated heterocycles. The molecule has 0 amide bonds. The van der Waals surface area contributed by atoms with Gasteiger partial charge in [-0.2, -0.15) is 0 Å². The van der Waals surface area contributed by atoms with Gasteiger partial charge < -0.3 is 9.80 Å². The highest BCUT2D eigenvalue weighted by atomic mass is 15.2. The summed E-state index contributed by atoms with van der Waals surface area (Å²) >= 11 is 0. The third-order valence-electron chi connectivity index (χ3n) is 13.1. The van der Waals surface area contributed by atoms with Crippen molar-refractivity contribution in [1.82, 2.24) is 0 Å². The zero-order valence-electron chi connectivity index (χ0n) is 30.2. The lowest BCUT2D eigenvalue weighted by molar-refractivity contribution is 0.350. The first-order chi connectivity index (χ1) is 26.2. The third-order valence-corrected chi connectivity index (χ3v) is 13.1. The molecule has 1 saturated carbocycles. The molecule has 3 atom stereocenters. The summed E-state index contributed by atoms with van der Waals surface area (Å²) < 4.78 is 0. The van der Waals surface area contributed by atoms with Crippen LogP contribution in [0.25, 0.3) is 11.1 Å². The zero-order valence-corrected chi connectivity index (χ0v) is 30.2. The molecule has 7 aromatic carbocycles. The molecule has 0 N–H and O–H groups in total. The molecular formula is C51H42N2. The second-order valence-electron chi connectivity index (χ2n) is 15.7. The van der Waals surface area contributed by atoms with Gasteiger partial charge >= 0.3 is 0 Å². The van der Waals surface area contributed by atoms with E-state index in [1.54, 1.807) is 11.1 Å². The van der Waals surface area contributed by atoms with Crippen molar-refractivity contribution in [2.24, 2.45) is 11.8 Å². The summed E-state index contributed by atoms with van der Waals surface area (Å²) in [6, 6.07) is 61.5. The molecule has 3 unspecified atom stereocenters. The van der Waals surface area contributed by atoms with Gasteiger partial charge in [0.2, 0.25) is 0 Å². The van der Waals surface area contributed by atoms with E-state index >= 15 is 0 Å². The SMILES string of the molecule is Cc1ccccc1N(c1ccc2c(c1)Cc1ccccc1-2)c1cccc2c1C13c4c(cccc4N(c4ccccc4)c4ccccc4)CC1CCC3C2. The quantitative estimate of drug-likeness (QED) is 0.172. The van der Waals surface area contributed by atoms with E-state index in [1.165, 1.54) is 85.9 Å². The van der Waals surface area contributed by atoms with E-state index in [2.05, 4.69) is 181 Å². The van der Waals surface area contributed by atoms with E-state index < -0.39 is 0 Å². The first kappa shape index (κ1) is 30.7. The van der Waals surface area contributed by atoms with Crippen molar-refractivity contribution >= 4 is 34.1 Å². The third kappa shape index (κ3) is 4.45. The summed E-state index contributed by atoms with van der Waals surface area (Å²) in [5, 5.41) is 0. The molecule has 0 aliphatic heterocycles. The van der Waals surface area contributed by atoms with Crippen LogP contribution in [0.2, 0.25) is 0 Å². The van der Waals surface area contributed by atoms with Crippen LogP contribution in [0.4, 0.5) is 34.1 Å². The highest BCUT2D eigenvalue weighted by Crippen LogP contribution is 2.69. The molecule has 4 aliphatic rings. The van der Waals surface area contributed by atoms with Gasteiger partial charge in [0.15, 0.2) is 0 Å². The Morgan fingerprint density at radius 2 is 0.962 bits per heavy atom. The highest BCUT2D eigenvalue weighted by Gasteiger charge is 2.62. The number of hydrogen-bond donors (Lipinski definition) is 0. The number of hydrogen-bond acceptors (Lipinski definition) is 2. The van der Waals surface area contributed by atoms with Gasteiger partial charge in [0, 0.05) is 28.2 Å². The van der Waals surface area contributed by atoms with E-state index in [9.17, 15) is 0 Å². The fourth-order valence-corrected chi connectivity index (χ4v) is 11.1. The maximum absolute atomic E-state index is 2.62. The Morgan fingerprint density at radius 1 is 0.434 bits per heavy atom. The number of fused-ring (bicyclic) bond motifs is 5. The zero-order chi connectivity index (χ0) is 35.1. The van der Waals surface area contributed by atoms with Crippen LogP contribution in [0.1, 0.15) is 51.8 Å². The Kier molecular flexibility index (Phi) is 6.86. The van der Waals surface area contributed by atoms with Crippen LogP contribution in [0.15, 0.2) is 164 Å². The molecule has 11 rings (SSSR count). The van der Waals surface area contributed by atoms with E-state index in [1.807, 2.05) is 0 Å². The molecule has 2 nitrogen and oxygen atoms in total. The number of rotatable bonds is 6. The standard InChI is InChI=1S/C51H42N2/c1-34-14-8-11-23-46(34)53(43-28-29-45-38(33-43)30-35-15-9-10-22-44(35)45)48-25-13-17-37-32-40-27-26-39-31-36-16-12-24-47(49(36)51(39,40)50(37)48)52(41-18-4-2-5-19-41)42-20-6-3-7-21-42/h2-25,28-29,33,39-40H,26-27,30-32H2,1H3. The van der Waals surface area contributed by atoms with Crippen molar-refractivity contribution in [2.45, 2.75) is 44.4 Å². The molecule has 256 valence electrons. The van der Waals surface area contributed by atoms with Crippen LogP contribution in [-0.4, -0.2) is 0 Å². The monoisotopic (exact) mass is 682 g/mol. The predicted octanol–water partition coefficient (Wildman–Crippen LogP) is 12.9. The first-order valence-corrected chi connectivity index (χ1v) is 19.4. The van der Waals surface area contributed by atoms with Gasteiger partial charge in [0.1, 0.15) is 0 Å². The molecule has 0 bridgehead atoms. The van der Waals surface area contributed by atoms with Gasteiger partial charge in [0.05, 0.1) is 11.4 Å². The fraction of sp³-hybridized carbons (Fsp3) is 0.176. The van der Waals surface area contributed by atoms with Crippen molar-refractivity contribution in [1.29, 1.82) is 0 Å². The second-order valence-corrected chi connectivity index (χ2v) is 15.7. The lowest BCUT2D eigenvalue weighted by Gasteiger charge is -2.40. The van der Waals surface area contributed by atoms with Gasteiger partial charge in [-0.3, -0.25) is 0 Å². The molecule has 2 heteroatoms. The summed E-state index contributed by atoms with van der Waals surface area (Å²) in [6.45, 7) is 2.27. The topological polar surface area (TPSA) is 6.48 Å². The van der Waals surface area contributed by atoms with E-state index in [-0.39, 0.29) is 5.41 Å². The molecule has 53 heavy (non-hydrogen) atoms. The smallest absolute Gasteiger partial charge is 0.0505 e. The number of benzene rings is 7. The van der Waals surface area contributed by atoms with Crippen molar-refractivity contribution in [3.8, 4) is 11.1 Å². The number of nitrogens with zero attached hydrogens (tertiary/aromatic N) is 2. The van der Waals surface area contributed by atoms with Crippen molar-refractivity contribution in [3.63, 3.8) is 0 Å². The predicted molar refractivity (Wildman–Crippen MR) is 220 cm³/mol. The van der Waals surface area contributed by atoms with Crippen molar-refractivity contribution in [3.05, 3.63) is 203 Å². The van der Waals surface area contributed by atoms with Gasteiger partial charge in [-0.25, -0.2) is 0 Å². The molecule has 0 aromatic heterocycles. The minimum atomic E-state index is -0.0758. The van der Waals surface area contributed by atoms with Crippen LogP contribution in [0.3, 0.4) is 0 Å². The van der Waals surface area contributed by atoms with Crippen molar-refractivity contribution in [2.75, 3.05) is 9.80 Å². The highest BCUT2D eigenvalue weighted by molar-refractivity contribution is 5.88. The van der Waals surface area contributed by atoms with Gasteiger partial charge in [-0.05, 0) is 156 Å². The van der Waals surface area contributed by atoms with E-state index in [4.69, 9.17) is 0 Å². The number of aryl methyl sites for hydroxylation is 1. The maximum Gasteiger partial charge on any atom is 0.0505 e. The van der Waals surface area contributed by atoms with E-state index in [0.717, 1.165) is 19.3 Å². The molecule has 0 heterocycles. The Labute approximate surface area is 313 Å². The summed E-state index contributed by atoms with van der Waals surface area (Å²) in [5.41, 5.74) is 20.6.